The molecular weight excluding hydrogens is 498 g/mol. The molecule has 2 heterocycles. The highest BCUT2D eigenvalue weighted by molar-refractivity contribution is 7.52. The molecule has 2 aliphatic heterocycles. The van der Waals surface area contributed by atoms with Crippen LogP contribution in [-0.4, -0.2) is 71.0 Å². The highest BCUT2D eigenvalue weighted by atomic mass is 31.2. The van der Waals surface area contributed by atoms with E-state index in [1.807, 2.05) is 0 Å². The number of carbonyl (C=O) groups excluding carboxylic acids is 3. The lowest BCUT2D eigenvalue weighted by Gasteiger charge is -2.32. The van der Waals surface area contributed by atoms with E-state index in [4.69, 9.17) is 24.9 Å². The van der Waals surface area contributed by atoms with E-state index in [-0.39, 0.29) is 12.4 Å². The number of para-hydroxylation sites is 1. The molecule has 0 radical (unpaired) electrons. The van der Waals surface area contributed by atoms with Crippen molar-refractivity contribution >= 4 is 25.4 Å². The van der Waals surface area contributed by atoms with Crippen LogP contribution in [0.4, 0.5) is 4.39 Å². The monoisotopic (exact) mass is 524 g/mol. The molecule has 194 valence electrons. The molecule has 11 nitrogen and oxygen atoms in total. The van der Waals surface area contributed by atoms with Gasteiger partial charge in [0.1, 0.15) is 24.0 Å². The number of hydrogen-bond donors (Lipinski definition) is 2. The SMILES string of the molecule is C#CCOC(=O)[C@H](C)NP(=O)(OC[C@H]1O[C@@H](N2C=CC(=O)CC2=O)[C@](C)(F)[C@@H]1O)Oc1ccccc1. The number of halogens is 1. The molecule has 3 rings (SSSR count). The first-order valence-electron chi connectivity index (χ1n) is 10.9. The minimum Gasteiger partial charge on any atom is -0.451 e. The van der Waals surface area contributed by atoms with Gasteiger partial charge in [-0.1, -0.05) is 24.1 Å². The number of aliphatic hydroxyl groups excluding tert-OH is 1. The maximum absolute atomic E-state index is 15.4. The van der Waals surface area contributed by atoms with Gasteiger partial charge in [0.2, 0.25) is 5.91 Å². The summed E-state index contributed by atoms with van der Waals surface area (Å²) in [6, 6.07) is 6.72. The van der Waals surface area contributed by atoms with E-state index in [2.05, 4.69) is 11.0 Å². The summed E-state index contributed by atoms with van der Waals surface area (Å²) in [6.45, 7) is 1.42. The van der Waals surface area contributed by atoms with Gasteiger partial charge in [0.05, 0.1) is 13.0 Å². The lowest BCUT2D eigenvalue weighted by atomic mass is 9.97. The second kappa shape index (κ2) is 11.3. The van der Waals surface area contributed by atoms with E-state index in [9.17, 15) is 24.1 Å². The second-order valence-corrected chi connectivity index (χ2v) is 9.94. The molecule has 1 aromatic carbocycles. The van der Waals surface area contributed by atoms with Crippen LogP contribution in [0.5, 0.6) is 5.75 Å². The van der Waals surface area contributed by atoms with Gasteiger partial charge in [-0.3, -0.25) is 23.8 Å². The number of benzene rings is 1. The van der Waals surface area contributed by atoms with Crippen LogP contribution in [0.1, 0.15) is 20.3 Å². The van der Waals surface area contributed by atoms with Gasteiger partial charge in [-0.05, 0) is 32.1 Å². The molecule has 1 unspecified atom stereocenters. The number of carbonyl (C=O) groups is 3. The predicted molar refractivity (Wildman–Crippen MR) is 123 cm³/mol. The average molecular weight is 524 g/mol. The Kier molecular flexibility index (Phi) is 8.66. The number of rotatable bonds is 10. The van der Waals surface area contributed by atoms with E-state index < -0.39 is 68.6 Å². The minimum absolute atomic E-state index is 0.132. The molecule has 36 heavy (non-hydrogen) atoms. The Morgan fingerprint density at radius 1 is 1.42 bits per heavy atom. The number of nitrogens with zero attached hydrogens (tertiary/aromatic N) is 1. The smallest absolute Gasteiger partial charge is 0.451 e. The highest BCUT2D eigenvalue weighted by Crippen LogP contribution is 2.46. The third-order valence-corrected chi connectivity index (χ3v) is 7.03. The Morgan fingerprint density at radius 3 is 2.75 bits per heavy atom. The van der Waals surface area contributed by atoms with Crippen molar-refractivity contribution in [1.29, 1.82) is 0 Å². The Bertz CT molecular complexity index is 1100. The normalized spacial score (nSPS) is 28.3. The number of ketones is 1. The number of esters is 1. The van der Waals surface area contributed by atoms with Crippen LogP contribution in [-0.2, 0) is 32.9 Å². The number of amides is 1. The summed E-state index contributed by atoms with van der Waals surface area (Å²) < 4.78 is 50.2. The largest absolute Gasteiger partial charge is 0.459 e. The number of allylic oxidation sites excluding steroid dienone is 1. The third-order valence-electron chi connectivity index (χ3n) is 5.38. The number of nitrogens with one attached hydrogen (secondary N) is 1. The van der Waals surface area contributed by atoms with Crippen molar-refractivity contribution in [1.82, 2.24) is 9.99 Å². The Hall–Kier alpha value is -3.07. The molecule has 0 spiro atoms. The van der Waals surface area contributed by atoms with Gasteiger partial charge < -0.3 is 19.1 Å². The van der Waals surface area contributed by atoms with Crippen LogP contribution in [0.25, 0.3) is 0 Å². The first-order valence-corrected chi connectivity index (χ1v) is 12.4. The van der Waals surface area contributed by atoms with Crippen molar-refractivity contribution < 1.29 is 47.0 Å². The van der Waals surface area contributed by atoms with Crippen molar-refractivity contribution in [2.45, 2.75) is 50.4 Å². The lowest BCUT2D eigenvalue weighted by molar-refractivity contribution is -0.150. The Morgan fingerprint density at radius 2 is 2.11 bits per heavy atom. The Labute approximate surface area is 207 Å². The fraction of sp³-hybridized carbons (Fsp3) is 0.435. The predicted octanol–water partition coefficient (Wildman–Crippen LogP) is 1.47. The van der Waals surface area contributed by atoms with Crippen LogP contribution in [0.3, 0.4) is 0 Å². The van der Waals surface area contributed by atoms with Crippen LogP contribution in [0.15, 0.2) is 42.6 Å². The van der Waals surface area contributed by atoms with Gasteiger partial charge in [-0.15, -0.1) is 6.42 Å². The second-order valence-electron chi connectivity index (χ2n) is 8.24. The zero-order valence-electron chi connectivity index (χ0n) is 19.5. The van der Waals surface area contributed by atoms with Crippen molar-refractivity contribution in [3.05, 3.63) is 42.6 Å². The van der Waals surface area contributed by atoms with Gasteiger partial charge in [0.25, 0.3) is 0 Å². The number of terminal acetylenes is 1. The lowest BCUT2D eigenvalue weighted by Crippen LogP contribution is -2.51. The summed E-state index contributed by atoms with van der Waals surface area (Å²) in [5.74, 6) is 0.286. The van der Waals surface area contributed by atoms with Gasteiger partial charge in [-0.25, -0.2) is 8.96 Å². The number of hydrogen-bond acceptors (Lipinski definition) is 9. The summed E-state index contributed by atoms with van der Waals surface area (Å²) in [5, 5.41) is 13.0. The van der Waals surface area contributed by atoms with Gasteiger partial charge in [0, 0.05) is 6.20 Å². The fourth-order valence-electron chi connectivity index (χ4n) is 3.51. The standard InChI is InChI=1S/C23H26FN2O9P/c1-4-12-32-21(30)15(2)25-36(31,35-17-8-6-5-7-9-17)33-14-18-20(29)23(3,24)22(34-18)26-11-10-16(27)13-19(26)28/h1,5-11,15,18,20,22,29H,12-14H2,2-3H3,(H,25,31)/t15-,18+,20+,22+,23+,36?/m0/s1. The first-order chi connectivity index (χ1) is 17.0. The van der Waals surface area contributed by atoms with Crippen LogP contribution in [0, 0.1) is 12.3 Å². The molecule has 6 atom stereocenters. The topological polar surface area (TPSA) is 141 Å². The number of aliphatic hydroxyl groups is 1. The third kappa shape index (κ3) is 6.37. The van der Waals surface area contributed by atoms with Gasteiger partial charge >= 0.3 is 13.7 Å². The molecule has 0 saturated carbocycles. The first kappa shape index (κ1) is 27.5. The molecule has 2 N–H and O–H groups in total. The molecule has 0 bridgehead atoms. The number of alkyl halides is 1. The summed E-state index contributed by atoms with van der Waals surface area (Å²) in [6.07, 6.45) is 2.03. The zero-order chi connectivity index (χ0) is 26.5. The van der Waals surface area contributed by atoms with E-state index in [1.165, 1.54) is 19.1 Å². The summed E-state index contributed by atoms with van der Waals surface area (Å²) in [5.41, 5.74) is -2.46. The van der Waals surface area contributed by atoms with Crippen molar-refractivity contribution in [3.63, 3.8) is 0 Å². The van der Waals surface area contributed by atoms with Crippen LogP contribution < -0.4 is 9.61 Å². The van der Waals surface area contributed by atoms with Crippen LogP contribution >= 0.6 is 7.75 Å². The average Bonchev–Trinajstić information content (AvgIpc) is 3.05. The zero-order valence-corrected chi connectivity index (χ0v) is 20.4. The fourth-order valence-corrected chi connectivity index (χ4v) is 5.02. The molecule has 1 aromatic rings. The van der Waals surface area contributed by atoms with E-state index in [0.717, 1.165) is 24.1 Å². The minimum atomic E-state index is -4.33. The highest BCUT2D eigenvalue weighted by Gasteiger charge is 2.57. The molecule has 13 heteroatoms. The number of ether oxygens (including phenoxy) is 2. The molecule has 0 aliphatic carbocycles. The summed E-state index contributed by atoms with van der Waals surface area (Å²) >= 11 is 0. The maximum atomic E-state index is 15.4. The van der Waals surface area contributed by atoms with E-state index >= 15 is 4.39 Å². The van der Waals surface area contributed by atoms with Crippen molar-refractivity contribution in [2.24, 2.45) is 0 Å². The van der Waals surface area contributed by atoms with E-state index in [1.54, 1.807) is 18.2 Å². The molecular formula is C23H26FN2O9P. The quantitative estimate of drug-likeness (QED) is 0.200. The molecule has 0 aromatic heterocycles. The van der Waals surface area contributed by atoms with Gasteiger partial charge in [-0.2, -0.15) is 5.09 Å². The summed E-state index contributed by atoms with van der Waals surface area (Å²) in [4.78, 5) is 36.7. The molecule has 2 aliphatic rings. The van der Waals surface area contributed by atoms with Crippen molar-refractivity contribution in [2.75, 3.05) is 13.2 Å². The summed E-state index contributed by atoms with van der Waals surface area (Å²) in [7, 11) is -4.33. The van der Waals surface area contributed by atoms with Crippen LogP contribution in [0.2, 0.25) is 0 Å². The van der Waals surface area contributed by atoms with E-state index in [0.29, 0.717) is 0 Å². The van der Waals surface area contributed by atoms with Gasteiger partial charge in [0.15, 0.2) is 24.3 Å². The molecule has 1 amide bonds. The van der Waals surface area contributed by atoms with Crippen molar-refractivity contribution in [3.8, 4) is 18.1 Å². The Balaban J connectivity index is 1.75. The molecule has 1 fully saturated rings. The molecule has 1 saturated heterocycles. The maximum Gasteiger partial charge on any atom is 0.459 e.